The van der Waals surface area contributed by atoms with Crippen molar-refractivity contribution in [3.05, 3.63) is 64.7 Å². The van der Waals surface area contributed by atoms with Gasteiger partial charge in [0.1, 0.15) is 17.7 Å². The lowest BCUT2D eigenvalue weighted by Gasteiger charge is -2.34. The van der Waals surface area contributed by atoms with Crippen molar-refractivity contribution < 1.29 is 19.1 Å². The first kappa shape index (κ1) is 29.9. The van der Waals surface area contributed by atoms with Gasteiger partial charge in [-0.3, -0.25) is 9.59 Å². The number of rotatable bonds is 9. The molecule has 2 aromatic carbocycles. The van der Waals surface area contributed by atoms with E-state index in [1.165, 1.54) is 0 Å². The number of benzene rings is 2. The topological polar surface area (TPSA) is 87.7 Å². The molecule has 7 heteroatoms. The number of hydrogen-bond acceptors (Lipinski definition) is 4. The van der Waals surface area contributed by atoms with E-state index in [0.29, 0.717) is 12.1 Å². The van der Waals surface area contributed by atoms with Crippen LogP contribution in [0.3, 0.4) is 0 Å². The summed E-state index contributed by atoms with van der Waals surface area (Å²) in [6.45, 7) is 17.3. The Hall–Kier alpha value is -3.35. The standard InChI is InChI=1S/C30H43N3O4/c1-10-33(28(35)25(15-19(2)3)32-29(36)37-30(7,8)9)26(23-17-20(4)16-21(5)18-23)27(34)31-24-14-12-11-13-22(24)6/h11-14,16-19,25-26H,10,15H2,1-9H3,(H,31,34)(H,32,36). The molecule has 0 radical (unpaired) electrons. The Morgan fingerprint density at radius 1 is 0.973 bits per heavy atom. The van der Waals surface area contributed by atoms with Crippen LogP contribution in [0.15, 0.2) is 42.5 Å². The minimum Gasteiger partial charge on any atom is -0.444 e. The highest BCUT2D eigenvalue weighted by atomic mass is 16.6. The monoisotopic (exact) mass is 509 g/mol. The first-order valence-electron chi connectivity index (χ1n) is 13.0. The number of hydrogen-bond donors (Lipinski definition) is 2. The third-order valence-corrected chi connectivity index (χ3v) is 5.84. The van der Waals surface area contributed by atoms with Crippen LogP contribution in [0.2, 0.25) is 0 Å². The molecule has 0 saturated heterocycles. The number of carbonyl (C=O) groups excluding carboxylic acids is 3. The van der Waals surface area contributed by atoms with Gasteiger partial charge in [0.25, 0.3) is 5.91 Å². The number of anilines is 1. The smallest absolute Gasteiger partial charge is 0.408 e. The summed E-state index contributed by atoms with van der Waals surface area (Å²) >= 11 is 0. The summed E-state index contributed by atoms with van der Waals surface area (Å²) in [5, 5.41) is 5.79. The van der Waals surface area contributed by atoms with Crippen molar-refractivity contribution in [1.29, 1.82) is 0 Å². The van der Waals surface area contributed by atoms with Crippen LogP contribution in [0, 0.1) is 26.7 Å². The zero-order valence-corrected chi connectivity index (χ0v) is 23.8. The third kappa shape index (κ3) is 8.92. The van der Waals surface area contributed by atoms with Crippen molar-refractivity contribution in [1.82, 2.24) is 10.2 Å². The molecular formula is C30H43N3O4. The Bertz CT molecular complexity index is 1080. The maximum atomic E-state index is 14.0. The highest BCUT2D eigenvalue weighted by Crippen LogP contribution is 2.27. The molecule has 37 heavy (non-hydrogen) atoms. The number of likely N-dealkylation sites (N-methyl/N-ethyl adjacent to an activating group) is 1. The first-order chi connectivity index (χ1) is 17.2. The quantitative estimate of drug-likeness (QED) is 0.429. The average molecular weight is 510 g/mol. The fourth-order valence-corrected chi connectivity index (χ4v) is 4.36. The van der Waals surface area contributed by atoms with Gasteiger partial charge in [0.2, 0.25) is 5.91 Å². The van der Waals surface area contributed by atoms with Gasteiger partial charge in [-0.25, -0.2) is 4.79 Å². The summed E-state index contributed by atoms with van der Waals surface area (Å²) in [4.78, 5) is 42.0. The maximum absolute atomic E-state index is 14.0. The number of nitrogens with one attached hydrogen (secondary N) is 2. The van der Waals surface area contributed by atoms with E-state index in [9.17, 15) is 14.4 Å². The summed E-state index contributed by atoms with van der Waals surface area (Å²) in [6, 6.07) is 11.7. The number of aryl methyl sites for hydroxylation is 3. The number of carbonyl (C=O) groups is 3. The van der Waals surface area contributed by atoms with Crippen LogP contribution < -0.4 is 10.6 Å². The first-order valence-corrected chi connectivity index (χ1v) is 13.0. The molecule has 2 atom stereocenters. The number of amides is 3. The van der Waals surface area contributed by atoms with Gasteiger partial charge in [0.05, 0.1) is 0 Å². The van der Waals surface area contributed by atoms with E-state index in [1.807, 2.05) is 84.0 Å². The van der Waals surface area contributed by atoms with Crippen LogP contribution >= 0.6 is 0 Å². The molecule has 202 valence electrons. The van der Waals surface area contributed by atoms with Crippen LogP contribution in [0.4, 0.5) is 10.5 Å². The molecule has 3 amide bonds. The number of ether oxygens (including phenoxy) is 1. The summed E-state index contributed by atoms with van der Waals surface area (Å²) < 4.78 is 5.43. The van der Waals surface area contributed by atoms with Gasteiger partial charge in [-0.15, -0.1) is 0 Å². The Kier molecular flexibility index (Phi) is 10.3. The summed E-state index contributed by atoms with van der Waals surface area (Å²) in [6.07, 6.45) is -0.247. The highest BCUT2D eigenvalue weighted by Gasteiger charge is 2.36. The molecule has 0 aromatic heterocycles. The molecule has 0 fully saturated rings. The van der Waals surface area contributed by atoms with Crippen LogP contribution in [0.25, 0.3) is 0 Å². The number of nitrogens with zero attached hydrogens (tertiary/aromatic N) is 1. The summed E-state index contributed by atoms with van der Waals surface area (Å²) in [5.41, 5.74) is 3.63. The Morgan fingerprint density at radius 3 is 2.08 bits per heavy atom. The average Bonchev–Trinajstić information content (AvgIpc) is 2.75. The van der Waals surface area contributed by atoms with Crippen molar-refractivity contribution in [3.8, 4) is 0 Å². The zero-order chi connectivity index (χ0) is 27.9. The third-order valence-electron chi connectivity index (χ3n) is 5.84. The lowest BCUT2D eigenvalue weighted by Crippen LogP contribution is -2.52. The fourth-order valence-electron chi connectivity index (χ4n) is 4.36. The molecule has 0 bridgehead atoms. The predicted molar refractivity (Wildman–Crippen MR) is 148 cm³/mol. The van der Waals surface area contributed by atoms with Crippen molar-refractivity contribution in [2.24, 2.45) is 5.92 Å². The number of para-hydroxylation sites is 1. The van der Waals surface area contributed by atoms with Gasteiger partial charge in [0, 0.05) is 12.2 Å². The second-order valence-electron chi connectivity index (χ2n) is 11.1. The van der Waals surface area contributed by atoms with Gasteiger partial charge in [-0.2, -0.15) is 0 Å². The molecule has 2 rings (SSSR count). The van der Waals surface area contributed by atoms with Crippen LogP contribution in [0.5, 0.6) is 0 Å². The lowest BCUT2D eigenvalue weighted by molar-refractivity contribution is -0.140. The Morgan fingerprint density at radius 2 is 1.57 bits per heavy atom. The van der Waals surface area contributed by atoms with Crippen molar-refractivity contribution in [2.75, 3.05) is 11.9 Å². The van der Waals surface area contributed by atoms with Crippen molar-refractivity contribution >= 4 is 23.6 Å². The van der Waals surface area contributed by atoms with Gasteiger partial charge >= 0.3 is 6.09 Å². The molecule has 0 heterocycles. The SMILES string of the molecule is CCN(C(=O)C(CC(C)C)NC(=O)OC(C)(C)C)C(C(=O)Nc1ccccc1C)c1cc(C)cc(C)c1. The lowest BCUT2D eigenvalue weighted by atomic mass is 9.97. The van der Waals surface area contributed by atoms with Crippen LogP contribution in [-0.2, 0) is 14.3 Å². The van der Waals surface area contributed by atoms with Crippen molar-refractivity contribution in [2.45, 2.75) is 86.4 Å². The molecule has 2 aromatic rings. The van der Waals surface area contributed by atoms with Gasteiger partial charge in [-0.05, 0) is 78.0 Å². The van der Waals surface area contributed by atoms with Gasteiger partial charge in [-0.1, -0.05) is 61.4 Å². The van der Waals surface area contributed by atoms with E-state index in [2.05, 4.69) is 10.6 Å². The number of alkyl carbamates (subject to hydrolysis) is 1. The molecule has 0 aliphatic heterocycles. The highest BCUT2D eigenvalue weighted by molar-refractivity contribution is 5.99. The molecule has 2 unspecified atom stereocenters. The van der Waals surface area contributed by atoms with Crippen LogP contribution in [-0.4, -0.2) is 41.0 Å². The van der Waals surface area contributed by atoms with E-state index in [4.69, 9.17) is 4.74 Å². The maximum Gasteiger partial charge on any atom is 0.408 e. The van der Waals surface area contributed by atoms with E-state index >= 15 is 0 Å². The Balaban J connectivity index is 2.51. The molecule has 0 saturated carbocycles. The second-order valence-corrected chi connectivity index (χ2v) is 11.1. The van der Waals surface area contributed by atoms with E-state index in [1.54, 1.807) is 25.7 Å². The molecule has 0 aliphatic carbocycles. The minimum atomic E-state index is -0.884. The van der Waals surface area contributed by atoms with Gasteiger partial charge < -0.3 is 20.3 Å². The predicted octanol–water partition coefficient (Wildman–Crippen LogP) is 6.08. The van der Waals surface area contributed by atoms with Crippen LogP contribution in [0.1, 0.15) is 76.3 Å². The largest absolute Gasteiger partial charge is 0.444 e. The minimum absolute atomic E-state index is 0.128. The van der Waals surface area contributed by atoms with Crippen molar-refractivity contribution in [3.63, 3.8) is 0 Å². The molecular weight excluding hydrogens is 466 g/mol. The fraction of sp³-hybridized carbons (Fsp3) is 0.500. The zero-order valence-electron chi connectivity index (χ0n) is 23.8. The molecule has 0 aliphatic rings. The van der Waals surface area contributed by atoms with E-state index < -0.39 is 23.8 Å². The Labute approximate surface area is 222 Å². The molecule has 7 nitrogen and oxygen atoms in total. The molecule has 2 N–H and O–H groups in total. The van der Waals surface area contributed by atoms with E-state index in [-0.39, 0.29) is 24.3 Å². The van der Waals surface area contributed by atoms with Gasteiger partial charge in [0.15, 0.2) is 0 Å². The summed E-state index contributed by atoms with van der Waals surface area (Å²) in [7, 11) is 0. The molecule has 0 spiro atoms. The van der Waals surface area contributed by atoms with E-state index in [0.717, 1.165) is 22.3 Å². The second kappa shape index (κ2) is 12.7. The normalized spacial score (nSPS) is 13.0. The summed E-state index contributed by atoms with van der Waals surface area (Å²) in [5.74, 6) is -0.510.